The molecular weight excluding hydrogens is 461 g/mol. The molecule has 170 valence electrons. The molecule has 0 aromatic rings. The van der Waals surface area contributed by atoms with E-state index < -0.39 is 0 Å². The minimum atomic E-state index is -0.0539. The molecule has 0 aliphatic heterocycles. The minimum absolute atomic E-state index is 0. The third-order valence-electron chi connectivity index (χ3n) is 5.22. The minimum Gasteiger partial charge on any atom is -0.450 e. The Balaban J connectivity index is 0. The van der Waals surface area contributed by atoms with Crippen LogP contribution in [-0.2, 0) is 9.53 Å². The van der Waals surface area contributed by atoms with E-state index in [1.54, 1.807) is 0 Å². The highest BCUT2D eigenvalue weighted by atomic mass is 127. The van der Waals surface area contributed by atoms with Crippen LogP contribution in [0.1, 0.15) is 130 Å². The van der Waals surface area contributed by atoms with Crippen molar-refractivity contribution in [2.75, 3.05) is 13.3 Å². The van der Waals surface area contributed by atoms with Crippen molar-refractivity contribution < 1.29 is 9.53 Å². The first-order valence-electron chi connectivity index (χ1n) is 12.0. The van der Waals surface area contributed by atoms with E-state index in [0.717, 1.165) is 25.8 Å². The Bertz CT molecular complexity index is 311. The van der Waals surface area contributed by atoms with Crippen LogP contribution in [0.4, 0.5) is 0 Å². The monoisotopic (exact) mass is 511 g/mol. The van der Waals surface area contributed by atoms with Crippen molar-refractivity contribution in [3.05, 3.63) is 0 Å². The van der Waals surface area contributed by atoms with Gasteiger partial charge in [0.15, 0.2) is 0 Å². The molecule has 0 aliphatic rings. The van der Waals surface area contributed by atoms with Gasteiger partial charge in [-0.15, -0.1) is 24.0 Å². The van der Waals surface area contributed by atoms with Crippen LogP contribution in [0.3, 0.4) is 0 Å². The lowest BCUT2D eigenvalue weighted by molar-refractivity contribution is -0.144. The number of carbonyl (C=O) groups excluding carboxylic acids is 1. The third-order valence-corrected chi connectivity index (χ3v) is 5.22. The summed E-state index contributed by atoms with van der Waals surface area (Å²) in [4.78, 5) is 11.6. The topological polar surface area (TPSA) is 38.3 Å². The Morgan fingerprint density at radius 2 is 1.18 bits per heavy atom. The lowest BCUT2D eigenvalue weighted by Crippen LogP contribution is -2.22. The Hall–Kier alpha value is 0.160. The van der Waals surface area contributed by atoms with Crippen LogP contribution in [0, 0.1) is 5.92 Å². The third kappa shape index (κ3) is 26.2. The van der Waals surface area contributed by atoms with Gasteiger partial charge in [-0.3, -0.25) is 10.1 Å². The summed E-state index contributed by atoms with van der Waals surface area (Å²) in [5.74, 6) is 0.635. The second kappa shape index (κ2) is 25.2. The van der Waals surface area contributed by atoms with Crippen molar-refractivity contribution >= 4 is 29.9 Å². The van der Waals surface area contributed by atoms with E-state index in [0.29, 0.717) is 19.1 Å². The molecule has 3 nitrogen and oxygen atoms in total. The van der Waals surface area contributed by atoms with Crippen molar-refractivity contribution in [1.29, 1.82) is 0 Å². The number of unbranched alkanes of at least 4 members (excludes halogenated alkanes) is 14. The molecule has 0 heterocycles. The number of rotatable bonds is 21. The van der Waals surface area contributed by atoms with Gasteiger partial charge < -0.3 is 4.74 Å². The number of ether oxygens (including phenoxy) is 1. The second-order valence-corrected chi connectivity index (χ2v) is 8.54. The smallest absolute Gasteiger partial charge is 0.307 e. The predicted molar refractivity (Wildman–Crippen MR) is 133 cm³/mol. The van der Waals surface area contributed by atoms with Gasteiger partial charge in [0.1, 0.15) is 6.73 Å². The molecule has 1 N–H and O–H groups in total. The maximum Gasteiger partial charge on any atom is 0.307 e. The molecule has 4 heteroatoms. The fraction of sp³-hybridized carbons (Fsp3) is 0.958. The number of hydrogen-bond donors (Lipinski definition) is 1. The maximum absolute atomic E-state index is 11.6. The van der Waals surface area contributed by atoms with Crippen molar-refractivity contribution in [1.82, 2.24) is 5.32 Å². The van der Waals surface area contributed by atoms with Crippen LogP contribution >= 0.6 is 24.0 Å². The molecule has 0 bridgehead atoms. The van der Waals surface area contributed by atoms with Crippen LogP contribution in [0.25, 0.3) is 0 Å². The van der Waals surface area contributed by atoms with E-state index >= 15 is 0 Å². The molecule has 0 radical (unpaired) electrons. The number of nitrogens with one attached hydrogen (secondary N) is 1. The molecule has 0 aromatic heterocycles. The van der Waals surface area contributed by atoms with Gasteiger partial charge in [-0.2, -0.15) is 0 Å². The standard InChI is InChI=1S/C24H49NO2.HI/c1-4-5-6-7-8-9-10-11-12-13-14-15-16-17-18-19-24(26)27-22-25-21-20-23(2)3;/h23,25H,4-22H2,1-3H3;1H. The van der Waals surface area contributed by atoms with Crippen molar-refractivity contribution in [2.24, 2.45) is 5.92 Å². The van der Waals surface area contributed by atoms with Gasteiger partial charge in [-0.25, -0.2) is 0 Å². The van der Waals surface area contributed by atoms with Crippen LogP contribution in [0.2, 0.25) is 0 Å². The van der Waals surface area contributed by atoms with Crippen LogP contribution < -0.4 is 5.32 Å². The Morgan fingerprint density at radius 1 is 0.750 bits per heavy atom. The predicted octanol–water partition coefficient (Wildman–Crippen LogP) is 8.00. The molecule has 0 spiro atoms. The van der Waals surface area contributed by atoms with Crippen molar-refractivity contribution in [2.45, 2.75) is 130 Å². The summed E-state index contributed by atoms with van der Waals surface area (Å²) >= 11 is 0. The SMILES string of the molecule is CCCCCCCCCCCCCCCCCC(=O)OCNCCC(C)C.I. The summed E-state index contributed by atoms with van der Waals surface area (Å²) in [5.41, 5.74) is 0. The second-order valence-electron chi connectivity index (χ2n) is 8.54. The molecule has 0 amide bonds. The number of halogens is 1. The van der Waals surface area contributed by atoms with Gasteiger partial charge in [0.25, 0.3) is 0 Å². The van der Waals surface area contributed by atoms with E-state index in [1.807, 2.05) is 0 Å². The summed E-state index contributed by atoms with van der Waals surface area (Å²) in [7, 11) is 0. The Labute approximate surface area is 193 Å². The molecule has 0 atom stereocenters. The summed E-state index contributed by atoms with van der Waals surface area (Å²) in [6.07, 6.45) is 21.9. The van der Waals surface area contributed by atoms with Gasteiger partial charge in [-0.1, -0.05) is 111 Å². The Morgan fingerprint density at radius 3 is 1.61 bits per heavy atom. The molecule has 0 saturated carbocycles. The first-order valence-corrected chi connectivity index (χ1v) is 12.0. The van der Waals surface area contributed by atoms with Gasteiger partial charge in [-0.05, 0) is 25.3 Å². The molecule has 28 heavy (non-hydrogen) atoms. The average molecular weight is 512 g/mol. The zero-order valence-corrected chi connectivity index (χ0v) is 21.6. The average Bonchev–Trinajstić information content (AvgIpc) is 2.64. The van der Waals surface area contributed by atoms with Gasteiger partial charge >= 0.3 is 5.97 Å². The molecule has 0 aromatic carbocycles. The normalized spacial score (nSPS) is 10.9. The molecule has 0 unspecified atom stereocenters. The quantitative estimate of drug-likeness (QED) is 0.0734. The fourth-order valence-corrected chi connectivity index (χ4v) is 3.31. The molecule has 0 rings (SSSR count). The zero-order chi connectivity index (χ0) is 20.0. The van der Waals surface area contributed by atoms with Crippen LogP contribution in [-0.4, -0.2) is 19.2 Å². The zero-order valence-electron chi connectivity index (χ0n) is 19.2. The summed E-state index contributed by atoms with van der Waals surface area (Å²) in [5, 5.41) is 3.16. The van der Waals surface area contributed by atoms with Gasteiger partial charge in [0, 0.05) is 6.42 Å². The molecule has 0 fully saturated rings. The lowest BCUT2D eigenvalue weighted by Gasteiger charge is -2.08. The highest BCUT2D eigenvalue weighted by Gasteiger charge is 2.02. The first-order chi connectivity index (χ1) is 13.2. The highest BCUT2D eigenvalue weighted by Crippen LogP contribution is 2.13. The van der Waals surface area contributed by atoms with E-state index in [9.17, 15) is 4.79 Å². The van der Waals surface area contributed by atoms with Crippen LogP contribution in [0.15, 0.2) is 0 Å². The van der Waals surface area contributed by atoms with Gasteiger partial charge in [0.2, 0.25) is 0 Å². The fourth-order valence-electron chi connectivity index (χ4n) is 3.31. The van der Waals surface area contributed by atoms with Crippen molar-refractivity contribution in [3.8, 4) is 0 Å². The number of hydrogen-bond acceptors (Lipinski definition) is 3. The first kappa shape index (κ1) is 30.4. The summed E-state index contributed by atoms with van der Waals surface area (Å²) in [6.45, 7) is 7.96. The molecule has 0 saturated heterocycles. The van der Waals surface area contributed by atoms with Crippen LogP contribution in [0.5, 0.6) is 0 Å². The van der Waals surface area contributed by atoms with E-state index in [2.05, 4.69) is 26.1 Å². The molecule has 0 aliphatic carbocycles. The van der Waals surface area contributed by atoms with E-state index in [-0.39, 0.29) is 29.9 Å². The largest absolute Gasteiger partial charge is 0.450 e. The molecular formula is C24H50INO2. The highest BCUT2D eigenvalue weighted by molar-refractivity contribution is 14.0. The number of esters is 1. The maximum atomic E-state index is 11.6. The lowest BCUT2D eigenvalue weighted by atomic mass is 10.0. The Kier molecular flexibility index (Phi) is 27.3. The van der Waals surface area contributed by atoms with E-state index in [1.165, 1.54) is 83.5 Å². The van der Waals surface area contributed by atoms with Gasteiger partial charge in [0.05, 0.1) is 0 Å². The number of carbonyl (C=O) groups is 1. The van der Waals surface area contributed by atoms with E-state index in [4.69, 9.17) is 4.74 Å². The van der Waals surface area contributed by atoms with Crippen molar-refractivity contribution in [3.63, 3.8) is 0 Å². The summed E-state index contributed by atoms with van der Waals surface area (Å²) in [6, 6.07) is 0. The summed E-state index contributed by atoms with van der Waals surface area (Å²) < 4.78 is 5.19.